The van der Waals surface area contributed by atoms with Crippen LogP contribution < -0.4 is 5.32 Å². The maximum absolute atomic E-state index is 12.3. The van der Waals surface area contributed by atoms with Crippen LogP contribution in [0.15, 0.2) is 77.5 Å². The zero-order valence-corrected chi connectivity index (χ0v) is 17.8. The fourth-order valence-electron chi connectivity index (χ4n) is 4.41. The Morgan fingerprint density at radius 3 is 2.45 bits per heavy atom. The fourth-order valence-corrected chi connectivity index (χ4v) is 4.41. The van der Waals surface area contributed by atoms with Crippen molar-refractivity contribution >= 4 is 17.2 Å². The third-order valence-electron chi connectivity index (χ3n) is 6.11. The van der Waals surface area contributed by atoms with E-state index in [1.807, 2.05) is 24.3 Å². The average Bonchev–Trinajstić information content (AvgIpc) is 3.44. The lowest BCUT2D eigenvalue weighted by molar-refractivity contribution is 0.0137. The van der Waals surface area contributed by atoms with Crippen molar-refractivity contribution < 1.29 is 24.2 Å². The highest BCUT2D eigenvalue weighted by molar-refractivity contribution is 5.79. The van der Waals surface area contributed by atoms with Crippen LogP contribution in [0.25, 0.3) is 22.2 Å². The monoisotopic (exact) mass is 444 g/mol. The van der Waals surface area contributed by atoms with Gasteiger partial charge in [-0.3, -0.25) is 0 Å². The van der Waals surface area contributed by atoms with Gasteiger partial charge in [0.2, 0.25) is 0 Å². The first-order chi connectivity index (χ1) is 16.1. The number of ether oxygens (including phenoxy) is 1. The van der Waals surface area contributed by atoms with E-state index in [1.165, 1.54) is 17.5 Å². The van der Waals surface area contributed by atoms with E-state index < -0.39 is 18.3 Å². The molecule has 1 amide bonds. The molecule has 1 aromatic heterocycles. The lowest BCUT2D eigenvalue weighted by Gasteiger charge is -2.19. The molecule has 0 bridgehead atoms. The van der Waals surface area contributed by atoms with E-state index in [2.05, 4.69) is 34.6 Å². The van der Waals surface area contributed by atoms with Gasteiger partial charge in [0.15, 0.2) is 12.0 Å². The molecular weight excluding hydrogens is 420 g/mol. The highest BCUT2D eigenvalue weighted by atomic mass is 16.5. The summed E-state index contributed by atoms with van der Waals surface area (Å²) in [4.78, 5) is 16.3. The zero-order chi connectivity index (χ0) is 22.8. The Kier molecular flexibility index (Phi) is 5.81. The van der Waals surface area contributed by atoms with Crippen LogP contribution >= 0.6 is 0 Å². The van der Waals surface area contributed by atoms with Crippen LogP contribution in [0, 0.1) is 0 Å². The van der Waals surface area contributed by atoms with Gasteiger partial charge in [-0.2, -0.15) is 0 Å². The van der Waals surface area contributed by atoms with Crippen molar-refractivity contribution in [2.75, 3.05) is 13.2 Å². The van der Waals surface area contributed by atoms with Crippen molar-refractivity contribution in [1.82, 2.24) is 10.3 Å². The number of aliphatic hydroxyl groups is 2. The Balaban J connectivity index is 1.13. The van der Waals surface area contributed by atoms with Crippen LogP contribution in [0.5, 0.6) is 0 Å². The first-order valence-corrected chi connectivity index (χ1v) is 10.9. The van der Waals surface area contributed by atoms with Gasteiger partial charge >= 0.3 is 6.09 Å². The summed E-state index contributed by atoms with van der Waals surface area (Å²) >= 11 is 0. The van der Waals surface area contributed by atoms with Crippen molar-refractivity contribution in [2.45, 2.75) is 24.5 Å². The predicted octanol–water partition coefficient (Wildman–Crippen LogP) is 4.15. The number of carbonyl (C=O) groups excluding carboxylic acids is 1. The Morgan fingerprint density at radius 2 is 1.73 bits per heavy atom. The van der Waals surface area contributed by atoms with Crippen molar-refractivity contribution in [3.8, 4) is 11.1 Å². The molecule has 0 saturated carbocycles. The molecule has 1 aliphatic carbocycles. The second kappa shape index (κ2) is 9.05. The van der Waals surface area contributed by atoms with Crippen LogP contribution in [0.2, 0.25) is 0 Å². The molecule has 4 aromatic rings. The number of hydrogen-bond acceptors (Lipinski definition) is 6. The lowest BCUT2D eigenvalue weighted by Crippen LogP contribution is -2.30. The van der Waals surface area contributed by atoms with Gasteiger partial charge in [0, 0.05) is 12.5 Å². The molecule has 0 spiro atoms. The smallest absolute Gasteiger partial charge is 0.407 e. The zero-order valence-electron chi connectivity index (χ0n) is 17.8. The third kappa shape index (κ3) is 4.20. The molecule has 2 atom stereocenters. The molecule has 0 saturated heterocycles. The molecule has 7 heteroatoms. The molecule has 5 rings (SSSR count). The van der Waals surface area contributed by atoms with Gasteiger partial charge in [0.1, 0.15) is 18.2 Å². The van der Waals surface area contributed by atoms with Crippen molar-refractivity contribution in [3.63, 3.8) is 0 Å². The van der Waals surface area contributed by atoms with E-state index in [9.17, 15) is 15.0 Å². The number of nitrogens with zero attached hydrogens (tertiary/aromatic N) is 1. The molecule has 0 fully saturated rings. The van der Waals surface area contributed by atoms with E-state index in [0.717, 1.165) is 11.1 Å². The van der Waals surface area contributed by atoms with Crippen molar-refractivity contribution in [3.05, 3.63) is 89.8 Å². The van der Waals surface area contributed by atoms with Gasteiger partial charge in [0.25, 0.3) is 0 Å². The minimum absolute atomic E-state index is 0.0120. The third-order valence-corrected chi connectivity index (χ3v) is 6.11. The summed E-state index contributed by atoms with van der Waals surface area (Å²) < 4.78 is 10.7. The molecule has 33 heavy (non-hydrogen) atoms. The largest absolute Gasteiger partial charge is 0.449 e. The molecular formula is C26H24N2O5. The Labute approximate surface area is 190 Å². The molecule has 1 heterocycles. The molecule has 1 aliphatic rings. The molecule has 7 nitrogen and oxygen atoms in total. The maximum Gasteiger partial charge on any atom is 0.407 e. The number of nitrogens with one attached hydrogen (secondary N) is 1. The maximum atomic E-state index is 12.3. The highest BCUT2D eigenvalue weighted by Crippen LogP contribution is 2.44. The standard InChI is InChI=1S/C26H24N2O5/c29-23(25(30)16-9-10-24-22(13-16)28-15-33-24)11-12-27-26(31)32-14-21-19-7-3-1-5-17(19)18-6-2-4-8-20(18)21/h1-10,13,15,21,23,25,29-30H,11-12,14H2,(H,27,31). The molecule has 0 aliphatic heterocycles. The van der Waals surface area contributed by atoms with E-state index in [1.54, 1.807) is 18.2 Å². The SMILES string of the molecule is O=C(NCCC(O)C(O)c1ccc2ocnc2c1)OCC1c2ccccc2-c2ccccc21. The molecule has 0 radical (unpaired) electrons. The number of fused-ring (bicyclic) bond motifs is 4. The topological polar surface area (TPSA) is 105 Å². The molecule has 168 valence electrons. The number of alkyl carbamates (subject to hydrolysis) is 1. The first kappa shape index (κ1) is 21.2. The van der Waals surface area contributed by atoms with Crippen LogP contribution in [0.4, 0.5) is 4.79 Å². The lowest BCUT2D eigenvalue weighted by atomic mass is 9.98. The van der Waals surface area contributed by atoms with E-state index in [0.29, 0.717) is 16.7 Å². The van der Waals surface area contributed by atoms with Gasteiger partial charge in [-0.05, 0) is 46.4 Å². The highest BCUT2D eigenvalue weighted by Gasteiger charge is 2.29. The molecule has 3 N–H and O–H groups in total. The number of rotatable bonds is 7. The Morgan fingerprint density at radius 1 is 1.03 bits per heavy atom. The van der Waals surface area contributed by atoms with Gasteiger partial charge < -0.3 is 24.7 Å². The molecule has 3 aromatic carbocycles. The summed E-state index contributed by atoms with van der Waals surface area (Å²) in [5.74, 6) is -0.0120. The summed E-state index contributed by atoms with van der Waals surface area (Å²) in [5, 5.41) is 23.4. The quantitative estimate of drug-likeness (QED) is 0.396. The minimum Gasteiger partial charge on any atom is -0.449 e. The fraction of sp³-hybridized carbons (Fsp3) is 0.231. The number of benzene rings is 3. The number of hydrogen-bond donors (Lipinski definition) is 3. The van der Waals surface area contributed by atoms with E-state index in [-0.39, 0.29) is 25.5 Å². The van der Waals surface area contributed by atoms with Gasteiger partial charge in [0.05, 0.1) is 6.10 Å². The summed E-state index contributed by atoms with van der Waals surface area (Å²) in [6, 6.07) is 21.3. The van der Waals surface area contributed by atoms with Crippen LogP contribution in [-0.2, 0) is 4.74 Å². The first-order valence-electron chi connectivity index (χ1n) is 10.9. The minimum atomic E-state index is -1.10. The summed E-state index contributed by atoms with van der Waals surface area (Å²) in [5.41, 5.74) is 6.38. The van der Waals surface area contributed by atoms with Crippen LogP contribution in [0.1, 0.15) is 35.1 Å². The number of oxazole rings is 1. The second-order valence-corrected chi connectivity index (χ2v) is 8.13. The van der Waals surface area contributed by atoms with Crippen molar-refractivity contribution in [2.24, 2.45) is 0 Å². The van der Waals surface area contributed by atoms with Crippen LogP contribution in [0.3, 0.4) is 0 Å². The van der Waals surface area contributed by atoms with Gasteiger partial charge in [-0.1, -0.05) is 54.6 Å². The van der Waals surface area contributed by atoms with Crippen LogP contribution in [-0.4, -0.2) is 40.5 Å². The number of aliphatic hydroxyl groups excluding tert-OH is 2. The number of aromatic nitrogens is 1. The van der Waals surface area contributed by atoms with Gasteiger partial charge in [-0.25, -0.2) is 9.78 Å². The van der Waals surface area contributed by atoms with E-state index >= 15 is 0 Å². The molecule has 2 unspecified atom stereocenters. The Hall–Kier alpha value is -3.68. The Bertz CT molecular complexity index is 1240. The average molecular weight is 444 g/mol. The summed E-state index contributed by atoms with van der Waals surface area (Å²) in [7, 11) is 0. The van der Waals surface area contributed by atoms with Gasteiger partial charge in [-0.15, -0.1) is 0 Å². The second-order valence-electron chi connectivity index (χ2n) is 8.13. The number of carbonyl (C=O) groups is 1. The van der Waals surface area contributed by atoms with E-state index in [4.69, 9.17) is 9.15 Å². The normalized spacial score (nSPS) is 14.5. The number of amides is 1. The predicted molar refractivity (Wildman–Crippen MR) is 123 cm³/mol. The van der Waals surface area contributed by atoms with Crippen molar-refractivity contribution in [1.29, 1.82) is 0 Å². The summed E-state index contributed by atoms with van der Waals surface area (Å²) in [6.45, 7) is 0.393. The summed E-state index contributed by atoms with van der Waals surface area (Å²) in [6.07, 6.45) is -1.21.